The number of para-hydroxylation sites is 2. The number of benzene rings is 1. The van der Waals surface area contributed by atoms with Crippen LogP contribution in [0.25, 0.3) is 0 Å². The summed E-state index contributed by atoms with van der Waals surface area (Å²) in [6.07, 6.45) is 2.31. The summed E-state index contributed by atoms with van der Waals surface area (Å²) in [5, 5.41) is 5.94. The summed E-state index contributed by atoms with van der Waals surface area (Å²) in [5.41, 5.74) is 1.62. The molecule has 0 saturated carbocycles. The highest BCUT2D eigenvalue weighted by Gasteiger charge is 2.09. The summed E-state index contributed by atoms with van der Waals surface area (Å²) >= 11 is 0. The number of hydrogen-bond acceptors (Lipinski definition) is 3. The standard InChI is InChI=1S/C13H14N2O2/c1-10(13-7-4-8-17-13)15-12-6-3-2-5-11(12)14-9-16/h2-10,15H,1H3,(H,14,16). The van der Waals surface area contributed by atoms with E-state index in [9.17, 15) is 4.79 Å². The van der Waals surface area contributed by atoms with Crippen LogP contribution < -0.4 is 10.6 Å². The van der Waals surface area contributed by atoms with Crippen LogP contribution in [0.1, 0.15) is 18.7 Å². The number of rotatable bonds is 5. The zero-order valence-electron chi connectivity index (χ0n) is 9.51. The quantitative estimate of drug-likeness (QED) is 0.776. The molecule has 0 bridgehead atoms. The Morgan fingerprint density at radius 3 is 2.59 bits per heavy atom. The highest BCUT2D eigenvalue weighted by molar-refractivity contribution is 5.80. The molecule has 1 unspecified atom stereocenters. The molecule has 88 valence electrons. The summed E-state index contributed by atoms with van der Waals surface area (Å²) in [6, 6.07) is 11.3. The molecule has 0 fully saturated rings. The number of nitrogens with one attached hydrogen (secondary N) is 2. The van der Waals surface area contributed by atoms with Crippen LogP contribution in [-0.4, -0.2) is 6.41 Å². The summed E-state index contributed by atoms with van der Waals surface area (Å²) in [7, 11) is 0. The van der Waals surface area contributed by atoms with Gasteiger partial charge >= 0.3 is 0 Å². The molecule has 0 radical (unpaired) electrons. The lowest BCUT2D eigenvalue weighted by Crippen LogP contribution is -2.08. The van der Waals surface area contributed by atoms with Crippen LogP contribution in [0.2, 0.25) is 0 Å². The van der Waals surface area contributed by atoms with E-state index >= 15 is 0 Å². The van der Waals surface area contributed by atoms with E-state index in [0.717, 1.165) is 17.1 Å². The van der Waals surface area contributed by atoms with Gasteiger partial charge in [0.2, 0.25) is 6.41 Å². The van der Waals surface area contributed by atoms with Gasteiger partial charge in [-0.2, -0.15) is 0 Å². The predicted octanol–water partition coefficient (Wildman–Crippen LogP) is 3.02. The summed E-state index contributed by atoms with van der Waals surface area (Å²) < 4.78 is 5.31. The second-order valence-corrected chi connectivity index (χ2v) is 3.69. The molecule has 1 amide bonds. The predicted molar refractivity (Wildman–Crippen MR) is 66.9 cm³/mol. The first kappa shape index (κ1) is 11.3. The monoisotopic (exact) mass is 230 g/mol. The van der Waals surface area contributed by atoms with E-state index < -0.39 is 0 Å². The average molecular weight is 230 g/mol. The molecule has 4 nitrogen and oxygen atoms in total. The van der Waals surface area contributed by atoms with E-state index in [4.69, 9.17) is 4.42 Å². The molecule has 0 spiro atoms. The molecule has 1 aromatic heterocycles. The molecule has 2 N–H and O–H groups in total. The lowest BCUT2D eigenvalue weighted by Gasteiger charge is -2.15. The van der Waals surface area contributed by atoms with Gasteiger partial charge in [-0.1, -0.05) is 12.1 Å². The molecule has 2 aromatic rings. The highest BCUT2D eigenvalue weighted by Crippen LogP contribution is 2.25. The maximum absolute atomic E-state index is 10.5. The van der Waals surface area contributed by atoms with Crippen molar-refractivity contribution in [3.63, 3.8) is 0 Å². The normalized spacial score (nSPS) is 11.8. The average Bonchev–Trinajstić information content (AvgIpc) is 2.85. The van der Waals surface area contributed by atoms with E-state index in [-0.39, 0.29) is 6.04 Å². The molecule has 1 heterocycles. The third-order valence-electron chi connectivity index (χ3n) is 2.48. The molecular formula is C13H14N2O2. The lowest BCUT2D eigenvalue weighted by molar-refractivity contribution is -0.105. The van der Waals surface area contributed by atoms with E-state index in [1.807, 2.05) is 43.3 Å². The number of furan rings is 1. The van der Waals surface area contributed by atoms with Gasteiger partial charge in [0.05, 0.1) is 23.7 Å². The van der Waals surface area contributed by atoms with Crippen LogP contribution in [0.5, 0.6) is 0 Å². The fourth-order valence-electron chi connectivity index (χ4n) is 1.64. The van der Waals surface area contributed by atoms with Gasteiger partial charge < -0.3 is 15.1 Å². The van der Waals surface area contributed by atoms with Gasteiger partial charge in [0, 0.05) is 0 Å². The van der Waals surface area contributed by atoms with E-state index in [1.54, 1.807) is 6.26 Å². The Hall–Kier alpha value is -2.23. The first-order valence-corrected chi connectivity index (χ1v) is 5.40. The Balaban J connectivity index is 2.15. The number of anilines is 2. The van der Waals surface area contributed by atoms with Crippen molar-refractivity contribution in [3.05, 3.63) is 48.4 Å². The Kier molecular flexibility index (Phi) is 3.45. The van der Waals surface area contributed by atoms with Gasteiger partial charge in [0.25, 0.3) is 0 Å². The molecule has 4 heteroatoms. The molecule has 17 heavy (non-hydrogen) atoms. The molecule has 0 saturated heterocycles. The van der Waals surface area contributed by atoms with Gasteiger partial charge in [-0.15, -0.1) is 0 Å². The maximum atomic E-state index is 10.5. The third kappa shape index (κ3) is 2.66. The molecule has 1 atom stereocenters. The minimum Gasteiger partial charge on any atom is -0.467 e. The van der Waals surface area contributed by atoms with Crippen molar-refractivity contribution in [2.24, 2.45) is 0 Å². The number of carbonyl (C=O) groups is 1. The van der Waals surface area contributed by atoms with Crippen molar-refractivity contribution in [2.75, 3.05) is 10.6 Å². The Labute approximate surface area is 99.6 Å². The SMILES string of the molecule is CC(Nc1ccccc1NC=O)c1ccco1. The van der Waals surface area contributed by atoms with Crippen molar-refractivity contribution in [2.45, 2.75) is 13.0 Å². The van der Waals surface area contributed by atoms with Crippen LogP contribution in [0, 0.1) is 0 Å². The molecule has 1 aromatic carbocycles. The van der Waals surface area contributed by atoms with Gasteiger partial charge in [0.1, 0.15) is 5.76 Å². The van der Waals surface area contributed by atoms with Crippen molar-refractivity contribution in [3.8, 4) is 0 Å². The smallest absolute Gasteiger partial charge is 0.211 e. The third-order valence-corrected chi connectivity index (χ3v) is 2.48. The largest absolute Gasteiger partial charge is 0.467 e. The summed E-state index contributed by atoms with van der Waals surface area (Å²) in [4.78, 5) is 10.5. The molecule has 2 rings (SSSR count). The topological polar surface area (TPSA) is 54.3 Å². The molecule has 0 aliphatic heterocycles. The highest BCUT2D eigenvalue weighted by atomic mass is 16.3. The van der Waals surface area contributed by atoms with Crippen LogP contribution in [-0.2, 0) is 4.79 Å². The van der Waals surface area contributed by atoms with E-state index in [1.165, 1.54) is 0 Å². The minimum atomic E-state index is 0.0413. The molecule has 0 aliphatic carbocycles. The Bertz CT molecular complexity index is 480. The Morgan fingerprint density at radius 1 is 1.18 bits per heavy atom. The second-order valence-electron chi connectivity index (χ2n) is 3.69. The number of amides is 1. The molecular weight excluding hydrogens is 216 g/mol. The first-order valence-electron chi connectivity index (χ1n) is 5.40. The maximum Gasteiger partial charge on any atom is 0.211 e. The second kappa shape index (κ2) is 5.21. The minimum absolute atomic E-state index is 0.0413. The fourth-order valence-corrected chi connectivity index (χ4v) is 1.64. The van der Waals surface area contributed by atoms with Crippen LogP contribution in [0.15, 0.2) is 47.1 Å². The zero-order valence-corrected chi connectivity index (χ0v) is 9.51. The van der Waals surface area contributed by atoms with Crippen LogP contribution in [0.4, 0.5) is 11.4 Å². The van der Waals surface area contributed by atoms with Gasteiger partial charge in [-0.3, -0.25) is 4.79 Å². The number of carbonyl (C=O) groups excluding carboxylic acids is 1. The van der Waals surface area contributed by atoms with Gasteiger partial charge in [0.15, 0.2) is 0 Å². The fraction of sp³-hybridized carbons (Fsp3) is 0.154. The van der Waals surface area contributed by atoms with E-state index in [0.29, 0.717) is 6.41 Å². The van der Waals surface area contributed by atoms with Crippen LogP contribution >= 0.6 is 0 Å². The first-order chi connectivity index (χ1) is 8.31. The van der Waals surface area contributed by atoms with Crippen LogP contribution in [0.3, 0.4) is 0 Å². The lowest BCUT2D eigenvalue weighted by atomic mass is 10.2. The zero-order chi connectivity index (χ0) is 12.1. The van der Waals surface area contributed by atoms with E-state index in [2.05, 4.69) is 10.6 Å². The summed E-state index contributed by atoms with van der Waals surface area (Å²) in [5.74, 6) is 0.853. The number of hydrogen-bond donors (Lipinski definition) is 2. The molecule has 0 aliphatic rings. The van der Waals surface area contributed by atoms with Crippen molar-refractivity contribution >= 4 is 17.8 Å². The summed E-state index contributed by atoms with van der Waals surface area (Å²) in [6.45, 7) is 2.00. The van der Waals surface area contributed by atoms with Crippen molar-refractivity contribution < 1.29 is 9.21 Å². The Morgan fingerprint density at radius 2 is 1.94 bits per heavy atom. The van der Waals surface area contributed by atoms with Crippen molar-refractivity contribution in [1.82, 2.24) is 0 Å². The van der Waals surface area contributed by atoms with Gasteiger partial charge in [-0.25, -0.2) is 0 Å². The van der Waals surface area contributed by atoms with Crippen molar-refractivity contribution in [1.29, 1.82) is 0 Å². The van der Waals surface area contributed by atoms with Gasteiger partial charge in [-0.05, 0) is 31.2 Å².